The number of fused-ring (bicyclic) bond motifs is 1. The largest absolute Gasteiger partial charge is 0.454 e. The van der Waals surface area contributed by atoms with Gasteiger partial charge in [-0.1, -0.05) is 18.2 Å². The molecule has 3 rings (SSSR count). The van der Waals surface area contributed by atoms with E-state index < -0.39 is 10.0 Å². The fraction of sp³-hybridized carbons (Fsp3) is 0.294. The first-order chi connectivity index (χ1) is 11.0. The minimum atomic E-state index is -3.56. The van der Waals surface area contributed by atoms with Crippen LogP contribution in [0.2, 0.25) is 0 Å². The van der Waals surface area contributed by atoms with Crippen molar-refractivity contribution < 1.29 is 17.9 Å². The van der Waals surface area contributed by atoms with Gasteiger partial charge in [0, 0.05) is 12.6 Å². The Labute approximate surface area is 136 Å². The first kappa shape index (κ1) is 15.8. The lowest BCUT2D eigenvalue weighted by molar-refractivity contribution is 0.174. The average molecular weight is 333 g/mol. The van der Waals surface area contributed by atoms with Crippen LogP contribution in [0, 0.1) is 13.8 Å². The summed E-state index contributed by atoms with van der Waals surface area (Å²) in [6.07, 6.45) is 0.644. The molecule has 0 amide bonds. The number of rotatable bonds is 5. The first-order valence-corrected chi connectivity index (χ1v) is 8.89. The molecule has 0 saturated carbocycles. The zero-order valence-electron chi connectivity index (χ0n) is 13.1. The Morgan fingerprint density at radius 1 is 1.00 bits per heavy atom. The molecule has 5 nitrogen and oxygen atoms in total. The van der Waals surface area contributed by atoms with E-state index in [-0.39, 0.29) is 11.7 Å². The average Bonchev–Trinajstić information content (AvgIpc) is 2.98. The van der Waals surface area contributed by atoms with Crippen molar-refractivity contribution in [3.05, 3.63) is 53.1 Å². The van der Waals surface area contributed by atoms with E-state index in [1.165, 1.54) is 23.3 Å². The lowest BCUT2D eigenvalue weighted by atomic mass is 10.0. The molecule has 0 bridgehead atoms. The van der Waals surface area contributed by atoms with Crippen LogP contribution in [0.5, 0.6) is 11.5 Å². The van der Waals surface area contributed by atoms with Gasteiger partial charge in [0.05, 0.1) is 4.90 Å². The van der Waals surface area contributed by atoms with Crippen LogP contribution in [0.15, 0.2) is 41.3 Å². The molecule has 6 heteroatoms. The summed E-state index contributed by atoms with van der Waals surface area (Å²) < 4.78 is 37.7. The molecule has 0 atom stereocenters. The molecule has 1 heterocycles. The highest BCUT2D eigenvalue weighted by Gasteiger charge is 2.19. The van der Waals surface area contributed by atoms with Crippen molar-refractivity contribution in [2.45, 2.75) is 25.2 Å². The molecular weight excluding hydrogens is 314 g/mol. The number of nitrogens with one attached hydrogen (secondary N) is 1. The molecule has 2 aromatic rings. The maximum Gasteiger partial charge on any atom is 0.240 e. The number of aryl methyl sites for hydroxylation is 2. The zero-order valence-corrected chi connectivity index (χ0v) is 13.9. The van der Waals surface area contributed by atoms with Crippen molar-refractivity contribution >= 4 is 10.0 Å². The Morgan fingerprint density at radius 3 is 2.57 bits per heavy atom. The van der Waals surface area contributed by atoms with Gasteiger partial charge in [0.1, 0.15) is 0 Å². The molecule has 23 heavy (non-hydrogen) atoms. The predicted molar refractivity (Wildman–Crippen MR) is 87.4 cm³/mol. The summed E-state index contributed by atoms with van der Waals surface area (Å²) in [7, 11) is -3.56. The van der Waals surface area contributed by atoms with Crippen LogP contribution in [0.3, 0.4) is 0 Å². The number of ether oxygens (including phenoxy) is 2. The molecule has 0 aliphatic carbocycles. The van der Waals surface area contributed by atoms with Gasteiger partial charge < -0.3 is 9.47 Å². The summed E-state index contributed by atoms with van der Waals surface area (Å²) in [5.74, 6) is 1.03. The smallest absolute Gasteiger partial charge is 0.240 e. The fourth-order valence-electron chi connectivity index (χ4n) is 2.42. The molecule has 0 aromatic heterocycles. The number of hydrogen-bond acceptors (Lipinski definition) is 4. The van der Waals surface area contributed by atoms with Crippen LogP contribution < -0.4 is 14.2 Å². The van der Waals surface area contributed by atoms with E-state index in [0.29, 0.717) is 24.5 Å². The fourth-order valence-corrected chi connectivity index (χ4v) is 3.46. The highest BCUT2D eigenvalue weighted by molar-refractivity contribution is 7.89. The Morgan fingerprint density at radius 2 is 1.78 bits per heavy atom. The Bertz CT molecular complexity index is 830. The molecule has 0 radical (unpaired) electrons. The quantitative estimate of drug-likeness (QED) is 0.913. The monoisotopic (exact) mass is 333 g/mol. The highest BCUT2D eigenvalue weighted by Crippen LogP contribution is 2.33. The third kappa shape index (κ3) is 3.48. The second kappa shape index (κ2) is 6.22. The van der Waals surface area contributed by atoms with Gasteiger partial charge in [-0.2, -0.15) is 0 Å². The minimum Gasteiger partial charge on any atom is -0.454 e. The molecule has 0 fully saturated rings. The summed E-state index contributed by atoms with van der Waals surface area (Å²) in [5.41, 5.74) is 3.55. The van der Waals surface area contributed by atoms with Gasteiger partial charge in [-0.15, -0.1) is 0 Å². The molecular formula is C17H19NO4S. The van der Waals surface area contributed by atoms with E-state index in [2.05, 4.69) is 30.7 Å². The van der Waals surface area contributed by atoms with Crippen molar-refractivity contribution in [2.75, 3.05) is 13.3 Å². The first-order valence-electron chi connectivity index (χ1n) is 7.41. The SMILES string of the molecule is Cc1ccc(CCNS(=O)(=O)c2ccc3c(c2)OCO3)cc1C. The van der Waals surface area contributed by atoms with Crippen LogP contribution in [-0.2, 0) is 16.4 Å². The zero-order chi connectivity index (χ0) is 16.4. The third-order valence-electron chi connectivity index (χ3n) is 3.93. The lowest BCUT2D eigenvalue weighted by Gasteiger charge is -2.09. The van der Waals surface area contributed by atoms with E-state index in [4.69, 9.17) is 9.47 Å². The van der Waals surface area contributed by atoms with Crippen LogP contribution in [0.4, 0.5) is 0 Å². The summed E-state index contributed by atoms with van der Waals surface area (Å²) in [6.45, 7) is 4.58. The van der Waals surface area contributed by atoms with Crippen molar-refractivity contribution in [3.63, 3.8) is 0 Å². The molecule has 0 saturated heterocycles. The van der Waals surface area contributed by atoms with E-state index in [1.54, 1.807) is 6.07 Å². The topological polar surface area (TPSA) is 64.6 Å². The van der Waals surface area contributed by atoms with E-state index in [9.17, 15) is 8.42 Å². The van der Waals surface area contributed by atoms with E-state index >= 15 is 0 Å². The molecule has 0 spiro atoms. The molecule has 1 aliphatic rings. The van der Waals surface area contributed by atoms with Crippen molar-refractivity contribution in [1.82, 2.24) is 4.72 Å². The van der Waals surface area contributed by atoms with E-state index in [0.717, 1.165) is 5.56 Å². The summed E-state index contributed by atoms with van der Waals surface area (Å²) in [4.78, 5) is 0.182. The van der Waals surface area contributed by atoms with Gasteiger partial charge >= 0.3 is 0 Å². The van der Waals surface area contributed by atoms with Gasteiger partial charge in [0.2, 0.25) is 16.8 Å². The number of sulfonamides is 1. The second-order valence-corrected chi connectivity index (χ2v) is 7.35. The predicted octanol–water partition coefficient (Wildman–Crippen LogP) is 2.55. The van der Waals surface area contributed by atoms with Crippen molar-refractivity contribution in [2.24, 2.45) is 0 Å². The second-order valence-electron chi connectivity index (χ2n) is 5.58. The highest BCUT2D eigenvalue weighted by atomic mass is 32.2. The van der Waals surface area contributed by atoms with Gasteiger partial charge in [0.25, 0.3) is 0 Å². The van der Waals surface area contributed by atoms with Gasteiger partial charge in [0.15, 0.2) is 11.5 Å². The Balaban J connectivity index is 1.66. The molecule has 1 N–H and O–H groups in total. The third-order valence-corrected chi connectivity index (χ3v) is 5.39. The molecule has 0 unspecified atom stereocenters. The van der Waals surface area contributed by atoms with E-state index in [1.807, 2.05) is 6.07 Å². The van der Waals surface area contributed by atoms with Crippen LogP contribution in [-0.4, -0.2) is 21.8 Å². The van der Waals surface area contributed by atoms with Crippen molar-refractivity contribution in [3.8, 4) is 11.5 Å². The normalized spacial score (nSPS) is 13.3. The Kier molecular flexibility index (Phi) is 4.28. The van der Waals surface area contributed by atoms with Gasteiger partial charge in [-0.3, -0.25) is 0 Å². The molecule has 2 aromatic carbocycles. The summed E-state index contributed by atoms with van der Waals surface area (Å²) in [6, 6.07) is 10.8. The number of hydrogen-bond donors (Lipinski definition) is 1. The van der Waals surface area contributed by atoms with Crippen LogP contribution >= 0.6 is 0 Å². The summed E-state index contributed by atoms with van der Waals surface area (Å²) in [5, 5.41) is 0. The van der Waals surface area contributed by atoms with Crippen LogP contribution in [0.1, 0.15) is 16.7 Å². The minimum absolute atomic E-state index is 0.124. The summed E-state index contributed by atoms with van der Waals surface area (Å²) >= 11 is 0. The van der Waals surface area contributed by atoms with Gasteiger partial charge in [-0.25, -0.2) is 13.1 Å². The van der Waals surface area contributed by atoms with Crippen molar-refractivity contribution in [1.29, 1.82) is 0 Å². The van der Waals surface area contributed by atoms with Gasteiger partial charge in [-0.05, 0) is 49.1 Å². The lowest BCUT2D eigenvalue weighted by Crippen LogP contribution is -2.26. The molecule has 1 aliphatic heterocycles. The van der Waals surface area contributed by atoms with Crippen LogP contribution in [0.25, 0.3) is 0 Å². The standard InChI is InChI=1S/C17H19NO4S/c1-12-3-4-14(9-13(12)2)7-8-18-23(19,20)15-5-6-16-17(10-15)22-11-21-16/h3-6,9-10,18H,7-8,11H2,1-2H3. The Hall–Kier alpha value is -2.05. The molecule has 122 valence electrons. The maximum atomic E-state index is 12.3. The maximum absolute atomic E-state index is 12.3. The number of benzene rings is 2.